The van der Waals surface area contributed by atoms with Crippen LogP contribution in [0.2, 0.25) is 0 Å². The Labute approximate surface area is 228 Å². The molecule has 3 rings (SSSR count). The summed E-state index contributed by atoms with van der Waals surface area (Å²) in [7, 11) is -2.68. The predicted octanol–water partition coefficient (Wildman–Crippen LogP) is 3.33. The second-order valence-corrected chi connectivity index (χ2v) is 10.3. The molecule has 0 aromatic heterocycles. The van der Waals surface area contributed by atoms with Crippen molar-refractivity contribution in [3.05, 3.63) is 77.9 Å². The second kappa shape index (κ2) is 13.0. The quantitative estimate of drug-likeness (QED) is 0.122. The number of anilines is 1. The average molecular weight is 556 g/mol. The second-order valence-electron chi connectivity index (χ2n) is 8.65. The molecule has 208 valence electrons. The van der Waals surface area contributed by atoms with Gasteiger partial charge in [-0.25, -0.2) is 8.42 Å². The molecule has 0 aliphatic rings. The molecule has 0 spiro atoms. The van der Waals surface area contributed by atoms with E-state index in [-0.39, 0.29) is 16.8 Å². The highest BCUT2D eigenvalue weighted by Gasteiger charge is 2.25. The molecular formula is C27H33N5O6S. The molecule has 1 amide bonds. The van der Waals surface area contributed by atoms with E-state index in [9.17, 15) is 13.2 Å². The molecule has 1 atom stereocenters. The zero-order valence-electron chi connectivity index (χ0n) is 22.1. The van der Waals surface area contributed by atoms with Crippen LogP contribution in [0.15, 0.2) is 71.6 Å². The number of amides is 1. The maximum absolute atomic E-state index is 13.4. The number of carbonyl (C=O) groups is 1. The van der Waals surface area contributed by atoms with E-state index in [1.807, 2.05) is 20.8 Å². The van der Waals surface area contributed by atoms with Gasteiger partial charge in [-0.1, -0.05) is 12.1 Å². The molecule has 39 heavy (non-hydrogen) atoms. The van der Waals surface area contributed by atoms with E-state index < -0.39 is 22.0 Å². The molecule has 0 radical (unpaired) electrons. The van der Waals surface area contributed by atoms with Gasteiger partial charge in [0, 0.05) is 17.3 Å². The summed E-state index contributed by atoms with van der Waals surface area (Å²) in [6, 6.07) is 16.5. The Balaban J connectivity index is 1.92. The normalized spacial score (nSPS) is 11.9. The summed E-state index contributed by atoms with van der Waals surface area (Å²) in [6.45, 7) is 5.98. The standard InChI is InChI=1S/C27H33N5O6S/c1-5-37-24-15-19(11-14-23(24)38-17(2)3)25(30-20-12-9-18(10-13-20)26(28)29)27(33)31-32-39(34,35)22-8-6-7-21(16-22)36-4/h6-17,25,30,32H,5H2,1-4H3,(H3,28,29)(H,31,33). The van der Waals surface area contributed by atoms with Crippen molar-refractivity contribution < 1.29 is 27.4 Å². The van der Waals surface area contributed by atoms with E-state index in [0.717, 1.165) is 0 Å². The molecule has 11 nitrogen and oxygen atoms in total. The number of methoxy groups -OCH3 is 1. The van der Waals surface area contributed by atoms with Crippen LogP contribution in [-0.4, -0.2) is 40.0 Å². The van der Waals surface area contributed by atoms with E-state index in [1.165, 1.54) is 25.3 Å². The molecule has 0 aliphatic heterocycles. The Kier molecular flexibility index (Phi) is 9.74. The minimum atomic E-state index is -4.10. The summed E-state index contributed by atoms with van der Waals surface area (Å²) in [5.74, 6) is 0.526. The summed E-state index contributed by atoms with van der Waals surface area (Å²) in [5, 5.41) is 10.7. The van der Waals surface area contributed by atoms with Crippen LogP contribution in [0, 0.1) is 5.41 Å². The van der Waals surface area contributed by atoms with Gasteiger partial charge >= 0.3 is 0 Å². The molecule has 12 heteroatoms. The number of sulfonamides is 1. The fourth-order valence-corrected chi connectivity index (χ4v) is 4.44. The summed E-state index contributed by atoms with van der Waals surface area (Å²) in [5.41, 5.74) is 9.39. The molecule has 3 aromatic rings. The highest BCUT2D eigenvalue weighted by molar-refractivity contribution is 7.89. The van der Waals surface area contributed by atoms with Crippen molar-refractivity contribution in [2.45, 2.75) is 37.8 Å². The van der Waals surface area contributed by atoms with Gasteiger partial charge in [-0.3, -0.25) is 15.6 Å². The lowest BCUT2D eigenvalue weighted by Crippen LogP contribution is -2.45. The monoisotopic (exact) mass is 555 g/mol. The molecule has 0 aliphatic carbocycles. The smallest absolute Gasteiger partial charge is 0.262 e. The largest absolute Gasteiger partial charge is 0.497 e. The van der Waals surface area contributed by atoms with Crippen molar-refractivity contribution in [2.75, 3.05) is 19.0 Å². The highest BCUT2D eigenvalue weighted by Crippen LogP contribution is 2.33. The van der Waals surface area contributed by atoms with Gasteiger partial charge in [-0.2, -0.15) is 0 Å². The topological polar surface area (TPSA) is 165 Å². The minimum absolute atomic E-state index is 0.0831. The first-order chi connectivity index (χ1) is 18.5. The van der Waals surface area contributed by atoms with Crippen molar-refractivity contribution in [2.24, 2.45) is 5.73 Å². The van der Waals surface area contributed by atoms with Crippen molar-refractivity contribution in [3.8, 4) is 17.2 Å². The molecule has 0 heterocycles. The van der Waals surface area contributed by atoms with Gasteiger partial charge in [-0.15, -0.1) is 4.83 Å². The van der Waals surface area contributed by atoms with Crippen LogP contribution < -0.4 is 35.5 Å². The minimum Gasteiger partial charge on any atom is -0.497 e. The van der Waals surface area contributed by atoms with E-state index >= 15 is 0 Å². The first-order valence-electron chi connectivity index (χ1n) is 12.1. The predicted molar refractivity (Wildman–Crippen MR) is 149 cm³/mol. The molecule has 0 fully saturated rings. The summed E-state index contributed by atoms with van der Waals surface area (Å²) in [6.07, 6.45) is -0.0990. The maximum atomic E-state index is 13.4. The van der Waals surface area contributed by atoms with Crippen LogP contribution in [0.5, 0.6) is 17.2 Å². The van der Waals surface area contributed by atoms with E-state index in [4.69, 9.17) is 25.4 Å². The Morgan fingerprint density at radius 2 is 1.74 bits per heavy atom. The number of nitrogen functional groups attached to an aromatic ring is 1. The molecular weight excluding hydrogens is 522 g/mol. The van der Waals surface area contributed by atoms with Crippen LogP contribution in [0.4, 0.5) is 5.69 Å². The van der Waals surface area contributed by atoms with Gasteiger partial charge in [0.05, 0.1) is 24.7 Å². The zero-order valence-corrected chi connectivity index (χ0v) is 23.0. The molecule has 0 bridgehead atoms. The number of amidine groups is 1. The van der Waals surface area contributed by atoms with Gasteiger partial charge < -0.3 is 25.3 Å². The fraction of sp³-hybridized carbons (Fsp3) is 0.259. The molecule has 3 aromatic carbocycles. The number of nitrogens with one attached hydrogen (secondary N) is 4. The van der Waals surface area contributed by atoms with Crippen LogP contribution in [0.3, 0.4) is 0 Å². The SMILES string of the molecule is CCOc1cc(C(Nc2ccc(C(=N)N)cc2)C(=O)NNS(=O)(=O)c2cccc(OC)c2)ccc1OC(C)C. The Morgan fingerprint density at radius 1 is 1.03 bits per heavy atom. The molecule has 6 N–H and O–H groups in total. The number of nitrogens with two attached hydrogens (primary N) is 1. The number of hydrogen-bond donors (Lipinski definition) is 5. The number of ether oxygens (including phenoxy) is 3. The Hall–Kier alpha value is -4.29. The van der Waals surface area contributed by atoms with Crippen LogP contribution >= 0.6 is 0 Å². The first kappa shape index (κ1) is 29.3. The molecule has 0 saturated carbocycles. The summed E-state index contributed by atoms with van der Waals surface area (Å²) in [4.78, 5) is 15.5. The van der Waals surface area contributed by atoms with Crippen molar-refractivity contribution >= 4 is 27.5 Å². The Morgan fingerprint density at radius 3 is 2.36 bits per heavy atom. The lowest BCUT2D eigenvalue weighted by Gasteiger charge is -2.22. The van der Waals surface area contributed by atoms with Gasteiger partial charge in [0.2, 0.25) is 0 Å². The third-order valence-corrected chi connectivity index (χ3v) is 6.64. The zero-order chi connectivity index (χ0) is 28.6. The summed E-state index contributed by atoms with van der Waals surface area (Å²) < 4.78 is 42.3. The van der Waals surface area contributed by atoms with Gasteiger partial charge in [0.1, 0.15) is 17.6 Å². The van der Waals surface area contributed by atoms with Gasteiger partial charge in [-0.05, 0) is 74.9 Å². The number of hydrazine groups is 1. The summed E-state index contributed by atoms with van der Waals surface area (Å²) >= 11 is 0. The lowest BCUT2D eigenvalue weighted by molar-refractivity contribution is -0.122. The van der Waals surface area contributed by atoms with Crippen molar-refractivity contribution in [3.63, 3.8) is 0 Å². The fourth-order valence-electron chi connectivity index (χ4n) is 3.55. The van der Waals surface area contributed by atoms with Crippen molar-refractivity contribution in [1.29, 1.82) is 5.41 Å². The van der Waals surface area contributed by atoms with Crippen LogP contribution in [0.25, 0.3) is 0 Å². The molecule has 1 unspecified atom stereocenters. The van der Waals surface area contributed by atoms with Crippen LogP contribution in [0.1, 0.15) is 37.9 Å². The maximum Gasteiger partial charge on any atom is 0.262 e. The lowest BCUT2D eigenvalue weighted by atomic mass is 10.0. The number of benzene rings is 3. The van der Waals surface area contributed by atoms with Crippen LogP contribution in [-0.2, 0) is 14.8 Å². The van der Waals surface area contributed by atoms with Gasteiger partial charge in [0.25, 0.3) is 15.9 Å². The van der Waals surface area contributed by atoms with Crippen molar-refractivity contribution in [1.82, 2.24) is 10.3 Å². The van der Waals surface area contributed by atoms with E-state index in [2.05, 4.69) is 15.6 Å². The number of carbonyl (C=O) groups excluding carboxylic acids is 1. The first-order valence-corrected chi connectivity index (χ1v) is 13.6. The van der Waals surface area contributed by atoms with E-state index in [0.29, 0.717) is 40.7 Å². The van der Waals surface area contributed by atoms with Gasteiger partial charge in [0.15, 0.2) is 11.5 Å². The Bertz CT molecular complexity index is 1410. The van der Waals surface area contributed by atoms with E-state index in [1.54, 1.807) is 48.5 Å². The average Bonchev–Trinajstić information content (AvgIpc) is 2.91. The third kappa shape index (κ3) is 7.85. The number of hydrogen-bond acceptors (Lipinski definition) is 8. The third-order valence-electron chi connectivity index (χ3n) is 5.39. The number of rotatable bonds is 13. The molecule has 0 saturated heterocycles. The highest BCUT2D eigenvalue weighted by atomic mass is 32.2.